The Kier molecular flexibility index (Phi) is 3.84. The van der Waals surface area contributed by atoms with Crippen molar-refractivity contribution in [3.63, 3.8) is 0 Å². The fourth-order valence-electron chi connectivity index (χ4n) is 1.69. The molecule has 0 aromatic carbocycles. The molecule has 0 aromatic rings. The molecule has 0 radical (unpaired) electrons. The van der Waals surface area contributed by atoms with Crippen LogP contribution >= 0.6 is 0 Å². The molecule has 2 atom stereocenters. The minimum atomic E-state index is -0.359. The minimum absolute atomic E-state index is 0.359. The Morgan fingerprint density at radius 2 is 1.17 bits per heavy atom. The molecular weight excluding hydrogens is 156 g/mol. The average Bonchev–Trinajstić information content (AvgIpc) is 2.05. The second-order valence-electron chi connectivity index (χ2n) is 3.34. The molecule has 0 saturated heterocycles. The molecule has 1 aliphatic rings. The number of hydrogen-bond donors (Lipinski definition) is 0. The van der Waals surface area contributed by atoms with Gasteiger partial charge in [-0.15, -0.1) is 0 Å². The highest BCUT2D eigenvalue weighted by Crippen LogP contribution is 2.21. The molecule has 0 aliphatic heterocycles. The maximum Gasteiger partial charge on any atom is 0.118 e. The van der Waals surface area contributed by atoms with Crippen LogP contribution in [0.4, 0.5) is 0 Å². The van der Waals surface area contributed by atoms with Gasteiger partial charge in [0, 0.05) is 0 Å². The summed E-state index contributed by atoms with van der Waals surface area (Å²) in [5.41, 5.74) is 0. The molecule has 0 amide bonds. The Morgan fingerprint density at radius 3 is 1.50 bits per heavy atom. The molecule has 4 heteroatoms. The average molecular weight is 170 g/mol. The highest BCUT2D eigenvalue weighted by Gasteiger charge is 2.23. The Bertz CT molecular complexity index is 143. The zero-order valence-electron chi connectivity index (χ0n) is 7.11. The standard InChI is InChI=1S/C8H14N2O2/c11-9-7-5-3-1-2-4-6-8(7)10-12/h7-8H,1-6H2. The normalized spacial score (nSPS) is 31.7. The van der Waals surface area contributed by atoms with Crippen LogP contribution in [0.3, 0.4) is 0 Å². The van der Waals surface area contributed by atoms with Gasteiger partial charge < -0.3 is 0 Å². The van der Waals surface area contributed by atoms with Crippen LogP contribution < -0.4 is 0 Å². The third-order valence-corrected chi connectivity index (χ3v) is 2.46. The second-order valence-corrected chi connectivity index (χ2v) is 3.34. The van der Waals surface area contributed by atoms with E-state index in [9.17, 15) is 9.81 Å². The third-order valence-electron chi connectivity index (χ3n) is 2.46. The predicted molar refractivity (Wildman–Crippen MR) is 46.9 cm³/mol. The van der Waals surface area contributed by atoms with Crippen LogP contribution in [0.15, 0.2) is 10.4 Å². The van der Waals surface area contributed by atoms with E-state index in [2.05, 4.69) is 10.4 Å². The van der Waals surface area contributed by atoms with Crippen molar-refractivity contribution >= 4 is 0 Å². The first kappa shape index (κ1) is 9.29. The predicted octanol–water partition coefficient (Wildman–Crippen LogP) is 2.61. The largest absolute Gasteiger partial charge is 0.150 e. The van der Waals surface area contributed by atoms with Crippen molar-refractivity contribution in [3.8, 4) is 0 Å². The lowest BCUT2D eigenvalue weighted by molar-refractivity contribution is 0.403. The number of nitroso groups, excluding NO2 is 2. The van der Waals surface area contributed by atoms with Gasteiger partial charge in [-0.05, 0) is 12.8 Å². The first-order valence-corrected chi connectivity index (χ1v) is 4.53. The van der Waals surface area contributed by atoms with E-state index in [0.717, 1.165) is 38.5 Å². The first-order chi connectivity index (χ1) is 5.88. The van der Waals surface area contributed by atoms with Gasteiger partial charge in [0.2, 0.25) is 0 Å². The molecule has 4 nitrogen and oxygen atoms in total. The summed E-state index contributed by atoms with van der Waals surface area (Å²) >= 11 is 0. The number of rotatable bonds is 2. The van der Waals surface area contributed by atoms with Crippen LogP contribution in [0.2, 0.25) is 0 Å². The van der Waals surface area contributed by atoms with Crippen LogP contribution in [0.25, 0.3) is 0 Å². The Balaban J connectivity index is 2.50. The van der Waals surface area contributed by atoms with Crippen LogP contribution in [0.5, 0.6) is 0 Å². The van der Waals surface area contributed by atoms with E-state index >= 15 is 0 Å². The quantitative estimate of drug-likeness (QED) is 0.598. The van der Waals surface area contributed by atoms with E-state index in [4.69, 9.17) is 0 Å². The van der Waals surface area contributed by atoms with E-state index in [1.807, 2.05) is 0 Å². The van der Waals surface area contributed by atoms with Gasteiger partial charge in [0.15, 0.2) is 0 Å². The summed E-state index contributed by atoms with van der Waals surface area (Å²) in [6.45, 7) is 0. The Hall–Kier alpha value is -0.800. The maximum absolute atomic E-state index is 10.3. The lowest BCUT2D eigenvalue weighted by atomic mass is 9.93. The molecule has 1 rings (SSSR count). The van der Waals surface area contributed by atoms with Crippen molar-refractivity contribution in [3.05, 3.63) is 9.81 Å². The molecule has 1 fully saturated rings. The highest BCUT2D eigenvalue weighted by molar-refractivity contribution is 4.82. The van der Waals surface area contributed by atoms with Crippen molar-refractivity contribution in [2.45, 2.75) is 50.6 Å². The number of nitrogens with zero attached hydrogens (tertiary/aromatic N) is 2. The van der Waals surface area contributed by atoms with Crippen molar-refractivity contribution in [2.75, 3.05) is 0 Å². The molecule has 0 aromatic heterocycles. The van der Waals surface area contributed by atoms with E-state index in [0.29, 0.717) is 0 Å². The fraction of sp³-hybridized carbons (Fsp3) is 1.00. The molecule has 2 unspecified atom stereocenters. The van der Waals surface area contributed by atoms with Crippen molar-refractivity contribution in [2.24, 2.45) is 10.4 Å². The van der Waals surface area contributed by atoms with Crippen LogP contribution in [0, 0.1) is 9.81 Å². The molecule has 0 spiro atoms. The highest BCUT2D eigenvalue weighted by atomic mass is 16.3. The SMILES string of the molecule is O=NC1CCCCCCC1N=O. The summed E-state index contributed by atoms with van der Waals surface area (Å²) in [5, 5.41) is 5.92. The number of hydrogen-bond acceptors (Lipinski definition) is 4. The van der Waals surface area contributed by atoms with Crippen molar-refractivity contribution < 1.29 is 0 Å². The second kappa shape index (κ2) is 4.95. The van der Waals surface area contributed by atoms with Crippen LogP contribution in [0.1, 0.15) is 38.5 Å². The monoisotopic (exact) mass is 170 g/mol. The van der Waals surface area contributed by atoms with Gasteiger partial charge in [0.1, 0.15) is 12.1 Å². The summed E-state index contributed by atoms with van der Waals surface area (Å²) in [6, 6.07) is -0.717. The smallest absolute Gasteiger partial charge is 0.118 e. The molecule has 1 aliphatic carbocycles. The third kappa shape index (κ3) is 2.36. The van der Waals surface area contributed by atoms with E-state index in [-0.39, 0.29) is 12.1 Å². The summed E-state index contributed by atoms with van der Waals surface area (Å²) < 4.78 is 0. The zero-order valence-corrected chi connectivity index (χ0v) is 7.11. The molecule has 68 valence electrons. The van der Waals surface area contributed by atoms with Gasteiger partial charge in [-0.25, -0.2) is 0 Å². The van der Waals surface area contributed by atoms with E-state index in [1.54, 1.807) is 0 Å². The summed E-state index contributed by atoms with van der Waals surface area (Å²) in [5.74, 6) is 0. The van der Waals surface area contributed by atoms with Gasteiger partial charge in [-0.3, -0.25) is 0 Å². The van der Waals surface area contributed by atoms with E-state index < -0.39 is 0 Å². The lowest BCUT2D eigenvalue weighted by Gasteiger charge is -2.17. The summed E-state index contributed by atoms with van der Waals surface area (Å²) in [4.78, 5) is 20.7. The maximum atomic E-state index is 10.3. The Morgan fingerprint density at radius 1 is 0.750 bits per heavy atom. The van der Waals surface area contributed by atoms with Gasteiger partial charge in [-0.1, -0.05) is 36.0 Å². The van der Waals surface area contributed by atoms with Gasteiger partial charge in [0.25, 0.3) is 0 Å². The fourth-order valence-corrected chi connectivity index (χ4v) is 1.69. The van der Waals surface area contributed by atoms with Crippen LogP contribution in [-0.2, 0) is 0 Å². The topological polar surface area (TPSA) is 58.9 Å². The molecule has 0 bridgehead atoms. The lowest BCUT2D eigenvalue weighted by Crippen LogP contribution is -2.23. The summed E-state index contributed by atoms with van der Waals surface area (Å²) in [7, 11) is 0. The molecule has 0 heterocycles. The van der Waals surface area contributed by atoms with Crippen LogP contribution in [-0.4, -0.2) is 12.1 Å². The van der Waals surface area contributed by atoms with Gasteiger partial charge >= 0.3 is 0 Å². The molecule has 1 saturated carbocycles. The zero-order chi connectivity index (χ0) is 8.81. The molecule has 12 heavy (non-hydrogen) atoms. The molecular formula is C8H14N2O2. The minimum Gasteiger partial charge on any atom is -0.150 e. The summed E-state index contributed by atoms with van der Waals surface area (Å²) in [6.07, 6.45) is 5.78. The van der Waals surface area contributed by atoms with Crippen molar-refractivity contribution in [1.29, 1.82) is 0 Å². The first-order valence-electron chi connectivity index (χ1n) is 4.53. The van der Waals surface area contributed by atoms with Gasteiger partial charge in [-0.2, -0.15) is 9.81 Å². The van der Waals surface area contributed by atoms with Crippen molar-refractivity contribution in [1.82, 2.24) is 0 Å². The van der Waals surface area contributed by atoms with Gasteiger partial charge in [0.05, 0.1) is 0 Å². The molecule has 0 N–H and O–H groups in total. The van der Waals surface area contributed by atoms with E-state index in [1.165, 1.54) is 0 Å². The Labute approximate surface area is 71.7 Å².